The molecule has 0 aromatic carbocycles. The minimum atomic E-state index is -6.35. The van der Waals surface area contributed by atoms with Crippen molar-refractivity contribution in [3.05, 3.63) is 23.3 Å². The number of allylic oxidation sites excluding steroid dienone is 2. The van der Waals surface area contributed by atoms with Gasteiger partial charge >= 0.3 is 16.4 Å². The van der Waals surface area contributed by atoms with E-state index in [1.807, 2.05) is 0 Å². The fourth-order valence-corrected chi connectivity index (χ4v) is 1.55. The summed E-state index contributed by atoms with van der Waals surface area (Å²) >= 11 is 4.38. The van der Waals surface area contributed by atoms with Gasteiger partial charge in [-0.05, 0) is 0 Å². The predicted octanol–water partition coefficient (Wildman–Crippen LogP) is 3.10. The van der Waals surface area contributed by atoms with Crippen LogP contribution < -0.4 is 0 Å². The molecule has 0 fully saturated rings. The maximum Gasteiger partial charge on any atom is 0.441 e. The van der Waals surface area contributed by atoms with Crippen molar-refractivity contribution in [3.8, 4) is 0 Å². The average molecular weight is 321 g/mol. The first-order valence-corrected chi connectivity index (χ1v) is 5.37. The average Bonchev–Trinajstić information content (AvgIpc) is 2.20. The standard InChI is InChI=1S/C6ClF7O3S/c7-5(12)1(8)3(10)6(13,4(11)2(5)9)17-18(14,15)16. The molecule has 18 heavy (non-hydrogen) atoms. The Kier molecular flexibility index (Phi) is 3.47. The summed E-state index contributed by atoms with van der Waals surface area (Å²) in [6, 6.07) is 0. The van der Waals surface area contributed by atoms with Gasteiger partial charge in [0.05, 0.1) is 0 Å². The van der Waals surface area contributed by atoms with E-state index >= 15 is 0 Å². The molecule has 0 unspecified atom stereocenters. The predicted molar refractivity (Wildman–Crippen MR) is 43.1 cm³/mol. The minimum absolute atomic E-state index is 2.59. The second-order valence-electron chi connectivity index (χ2n) is 2.90. The molecule has 0 spiro atoms. The molecule has 12 heteroatoms. The molecule has 0 N–H and O–H groups in total. The zero-order chi connectivity index (χ0) is 14.5. The Hall–Kier alpha value is -0.810. The first-order chi connectivity index (χ1) is 7.84. The van der Waals surface area contributed by atoms with Gasteiger partial charge in [0.1, 0.15) is 0 Å². The van der Waals surface area contributed by atoms with Crippen LogP contribution in [0, 0.1) is 0 Å². The maximum absolute atomic E-state index is 13.3. The summed E-state index contributed by atoms with van der Waals surface area (Å²) in [4.78, 5) is 0. The normalized spacial score (nSPS) is 34.2. The first-order valence-electron chi connectivity index (χ1n) is 3.68. The van der Waals surface area contributed by atoms with E-state index < -0.39 is 44.8 Å². The van der Waals surface area contributed by atoms with Crippen LogP contribution >= 0.6 is 11.6 Å². The highest BCUT2D eigenvalue weighted by Crippen LogP contribution is 2.52. The van der Waals surface area contributed by atoms with Crippen molar-refractivity contribution in [1.82, 2.24) is 0 Å². The van der Waals surface area contributed by atoms with Crippen LogP contribution in [-0.2, 0) is 14.7 Å². The summed E-state index contributed by atoms with van der Waals surface area (Å²) in [7, 11) is -6.35. The monoisotopic (exact) mass is 320 g/mol. The van der Waals surface area contributed by atoms with Crippen molar-refractivity contribution >= 4 is 22.1 Å². The number of halogens is 8. The third-order valence-electron chi connectivity index (χ3n) is 1.72. The molecule has 0 radical (unpaired) electrons. The van der Waals surface area contributed by atoms with Crippen LogP contribution in [0.15, 0.2) is 23.3 Å². The fraction of sp³-hybridized carbons (Fsp3) is 0.333. The van der Waals surface area contributed by atoms with Gasteiger partial charge in [-0.2, -0.15) is 17.0 Å². The van der Waals surface area contributed by atoms with Crippen LogP contribution in [0.3, 0.4) is 0 Å². The molecule has 0 aromatic rings. The Bertz CT molecular complexity index is 524. The summed E-state index contributed by atoms with van der Waals surface area (Å²) in [5.74, 6) is -17.6. The van der Waals surface area contributed by atoms with Crippen LogP contribution in [0.2, 0.25) is 0 Å². The first kappa shape index (κ1) is 15.2. The lowest BCUT2D eigenvalue weighted by molar-refractivity contribution is -0.0430. The van der Waals surface area contributed by atoms with Gasteiger partial charge in [-0.15, -0.1) is 0 Å². The van der Waals surface area contributed by atoms with Crippen LogP contribution in [-0.4, -0.2) is 19.4 Å². The van der Waals surface area contributed by atoms with E-state index in [4.69, 9.17) is 0 Å². The summed E-state index contributed by atoms with van der Waals surface area (Å²) in [6.45, 7) is 0. The smallest absolute Gasteiger partial charge is 0.210 e. The highest BCUT2D eigenvalue weighted by atomic mass is 35.5. The largest absolute Gasteiger partial charge is 0.441 e. The summed E-state index contributed by atoms with van der Waals surface area (Å²) in [5.41, 5.74) is 0. The van der Waals surface area contributed by atoms with Gasteiger partial charge in [-0.1, -0.05) is 15.5 Å². The van der Waals surface area contributed by atoms with E-state index in [0.717, 1.165) is 0 Å². The lowest BCUT2D eigenvalue weighted by atomic mass is 10.0. The summed E-state index contributed by atoms with van der Waals surface area (Å²) in [5, 5.41) is -4.52. The lowest BCUT2D eigenvalue weighted by Gasteiger charge is -2.28. The quantitative estimate of drug-likeness (QED) is 0.446. The number of hydrogen-bond donors (Lipinski definition) is 0. The molecule has 0 heterocycles. The van der Waals surface area contributed by atoms with Crippen molar-refractivity contribution in [2.45, 2.75) is 11.0 Å². The van der Waals surface area contributed by atoms with Crippen LogP contribution in [0.25, 0.3) is 0 Å². The van der Waals surface area contributed by atoms with Crippen molar-refractivity contribution in [1.29, 1.82) is 0 Å². The van der Waals surface area contributed by atoms with Gasteiger partial charge in [-0.3, -0.25) is 0 Å². The molecular formula is C6ClF7O3S. The molecule has 0 saturated heterocycles. The van der Waals surface area contributed by atoms with E-state index in [0.29, 0.717) is 0 Å². The van der Waals surface area contributed by atoms with Crippen LogP contribution in [0.4, 0.5) is 30.2 Å². The summed E-state index contributed by atoms with van der Waals surface area (Å²) in [6.07, 6.45) is 0. The van der Waals surface area contributed by atoms with Gasteiger partial charge in [0, 0.05) is 0 Å². The van der Waals surface area contributed by atoms with E-state index in [2.05, 4.69) is 15.8 Å². The molecule has 0 aromatic heterocycles. The molecule has 0 saturated carbocycles. The van der Waals surface area contributed by atoms with Crippen LogP contribution in [0.5, 0.6) is 0 Å². The van der Waals surface area contributed by atoms with E-state index in [1.54, 1.807) is 0 Å². The molecule has 1 aliphatic rings. The fourth-order valence-electron chi connectivity index (χ4n) is 0.961. The molecule has 1 aliphatic carbocycles. The molecule has 0 atom stereocenters. The van der Waals surface area contributed by atoms with Crippen molar-refractivity contribution in [2.24, 2.45) is 0 Å². The number of hydrogen-bond acceptors (Lipinski definition) is 3. The number of alkyl halides is 3. The van der Waals surface area contributed by atoms with Crippen molar-refractivity contribution in [2.75, 3.05) is 0 Å². The third kappa shape index (κ3) is 2.21. The molecule has 104 valence electrons. The Morgan fingerprint density at radius 2 is 1.28 bits per heavy atom. The Labute approximate surface area is 99.9 Å². The van der Waals surface area contributed by atoms with E-state index in [9.17, 15) is 38.6 Å². The highest BCUT2D eigenvalue weighted by molar-refractivity contribution is 7.81. The third-order valence-corrected chi connectivity index (χ3v) is 2.48. The Morgan fingerprint density at radius 3 is 1.56 bits per heavy atom. The topological polar surface area (TPSA) is 43.4 Å². The SMILES string of the molecule is O=S(=O)(F)OC1(F)C(F)=C(F)C(F)(Cl)C(F)=C1F. The van der Waals surface area contributed by atoms with Gasteiger partial charge < -0.3 is 0 Å². The van der Waals surface area contributed by atoms with E-state index in [1.165, 1.54) is 0 Å². The van der Waals surface area contributed by atoms with Gasteiger partial charge in [-0.25, -0.2) is 22.0 Å². The number of rotatable bonds is 2. The summed E-state index contributed by atoms with van der Waals surface area (Å²) < 4.78 is 112. The molecule has 3 nitrogen and oxygen atoms in total. The zero-order valence-electron chi connectivity index (χ0n) is 7.66. The zero-order valence-corrected chi connectivity index (χ0v) is 9.23. The Morgan fingerprint density at radius 1 is 0.944 bits per heavy atom. The van der Waals surface area contributed by atoms with Gasteiger partial charge in [0.25, 0.3) is 5.13 Å². The molecule has 1 rings (SSSR count). The molecule has 0 aliphatic heterocycles. The van der Waals surface area contributed by atoms with Crippen molar-refractivity contribution < 1.29 is 42.8 Å². The maximum atomic E-state index is 13.3. The molecule has 0 bridgehead atoms. The second kappa shape index (κ2) is 4.10. The molecule has 0 amide bonds. The van der Waals surface area contributed by atoms with Gasteiger partial charge in [0.15, 0.2) is 11.7 Å². The minimum Gasteiger partial charge on any atom is -0.210 e. The van der Waals surface area contributed by atoms with Crippen molar-refractivity contribution in [3.63, 3.8) is 0 Å². The Balaban J connectivity index is 3.52. The highest BCUT2D eigenvalue weighted by Gasteiger charge is 2.61. The lowest BCUT2D eigenvalue weighted by Crippen LogP contribution is -2.39. The second-order valence-corrected chi connectivity index (χ2v) is 4.38. The van der Waals surface area contributed by atoms with Gasteiger partial charge in [0.2, 0.25) is 11.7 Å². The van der Waals surface area contributed by atoms with Crippen LogP contribution in [0.1, 0.15) is 0 Å². The van der Waals surface area contributed by atoms with E-state index in [-0.39, 0.29) is 0 Å². The molecular weight excluding hydrogens is 321 g/mol.